The molecular formula is C21H26N2O2. The lowest BCUT2D eigenvalue weighted by molar-refractivity contribution is -0.129. The molecule has 0 fully saturated rings. The number of amides is 2. The Hall–Kier alpha value is -2.62. The van der Waals surface area contributed by atoms with E-state index < -0.39 is 0 Å². The summed E-state index contributed by atoms with van der Waals surface area (Å²) < 4.78 is 0. The van der Waals surface area contributed by atoms with Gasteiger partial charge in [0.25, 0.3) is 0 Å². The number of hydrogen-bond acceptors (Lipinski definition) is 2. The highest BCUT2D eigenvalue weighted by Crippen LogP contribution is 2.24. The highest BCUT2D eigenvalue weighted by atomic mass is 16.2. The molecule has 2 aromatic carbocycles. The second-order valence-electron chi connectivity index (χ2n) is 6.05. The van der Waals surface area contributed by atoms with Gasteiger partial charge in [0.05, 0.1) is 5.92 Å². The first kappa shape index (κ1) is 18.7. The molecule has 0 aliphatic heterocycles. The van der Waals surface area contributed by atoms with Crippen molar-refractivity contribution >= 4 is 11.8 Å². The van der Waals surface area contributed by atoms with Crippen LogP contribution in [0.2, 0.25) is 0 Å². The van der Waals surface area contributed by atoms with E-state index in [0.717, 1.165) is 17.5 Å². The minimum atomic E-state index is -0.348. The SMILES string of the molecule is CCCN(CCNC(=O)C(c1ccccc1)c1ccccc1)C(C)=O. The van der Waals surface area contributed by atoms with Crippen LogP contribution in [0.1, 0.15) is 37.3 Å². The molecule has 0 atom stereocenters. The first-order valence-electron chi connectivity index (χ1n) is 8.76. The van der Waals surface area contributed by atoms with Crippen LogP contribution in [0, 0.1) is 0 Å². The smallest absolute Gasteiger partial charge is 0.232 e. The fraction of sp³-hybridized carbons (Fsp3) is 0.333. The van der Waals surface area contributed by atoms with Gasteiger partial charge in [-0.2, -0.15) is 0 Å². The minimum absolute atomic E-state index is 0.0405. The van der Waals surface area contributed by atoms with Gasteiger partial charge in [-0.05, 0) is 17.5 Å². The first-order valence-corrected chi connectivity index (χ1v) is 8.76. The molecule has 2 amide bonds. The molecule has 0 unspecified atom stereocenters. The van der Waals surface area contributed by atoms with Crippen LogP contribution < -0.4 is 5.32 Å². The van der Waals surface area contributed by atoms with Crippen LogP contribution in [-0.4, -0.2) is 36.3 Å². The molecule has 0 spiro atoms. The Morgan fingerprint density at radius 1 is 0.920 bits per heavy atom. The summed E-state index contributed by atoms with van der Waals surface area (Å²) in [4.78, 5) is 26.2. The highest BCUT2D eigenvalue weighted by molar-refractivity contribution is 5.87. The zero-order valence-corrected chi connectivity index (χ0v) is 14.9. The van der Waals surface area contributed by atoms with Crippen molar-refractivity contribution < 1.29 is 9.59 Å². The van der Waals surface area contributed by atoms with Crippen molar-refractivity contribution in [3.05, 3.63) is 71.8 Å². The maximum absolute atomic E-state index is 12.8. The van der Waals surface area contributed by atoms with Crippen LogP contribution in [-0.2, 0) is 9.59 Å². The van der Waals surface area contributed by atoms with Crippen molar-refractivity contribution in [3.8, 4) is 0 Å². The van der Waals surface area contributed by atoms with Crippen LogP contribution in [0.25, 0.3) is 0 Å². The van der Waals surface area contributed by atoms with E-state index in [1.807, 2.05) is 67.6 Å². The lowest BCUT2D eigenvalue weighted by atomic mass is 9.90. The van der Waals surface area contributed by atoms with Gasteiger partial charge in [-0.15, -0.1) is 0 Å². The van der Waals surface area contributed by atoms with Gasteiger partial charge in [-0.1, -0.05) is 67.6 Å². The average Bonchev–Trinajstić information content (AvgIpc) is 2.63. The Kier molecular flexibility index (Phi) is 7.20. The van der Waals surface area contributed by atoms with E-state index in [4.69, 9.17) is 0 Å². The first-order chi connectivity index (χ1) is 12.1. The molecule has 4 nitrogen and oxygen atoms in total. The van der Waals surface area contributed by atoms with Crippen molar-refractivity contribution in [2.75, 3.05) is 19.6 Å². The van der Waals surface area contributed by atoms with E-state index in [0.29, 0.717) is 19.6 Å². The van der Waals surface area contributed by atoms with Crippen LogP contribution in [0.4, 0.5) is 0 Å². The number of carbonyl (C=O) groups excluding carboxylic acids is 2. The van der Waals surface area contributed by atoms with E-state index in [-0.39, 0.29) is 17.7 Å². The Morgan fingerprint density at radius 3 is 1.88 bits per heavy atom. The second-order valence-corrected chi connectivity index (χ2v) is 6.05. The molecule has 25 heavy (non-hydrogen) atoms. The number of rotatable bonds is 8. The van der Waals surface area contributed by atoms with Crippen molar-refractivity contribution in [2.45, 2.75) is 26.2 Å². The zero-order chi connectivity index (χ0) is 18.1. The molecule has 132 valence electrons. The fourth-order valence-electron chi connectivity index (χ4n) is 2.90. The molecule has 0 aliphatic rings. The van der Waals surface area contributed by atoms with Crippen molar-refractivity contribution in [3.63, 3.8) is 0 Å². The molecule has 0 bridgehead atoms. The summed E-state index contributed by atoms with van der Waals surface area (Å²) in [6.07, 6.45) is 0.907. The monoisotopic (exact) mass is 338 g/mol. The predicted octanol–water partition coefficient (Wildman–Crippen LogP) is 3.19. The summed E-state index contributed by atoms with van der Waals surface area (Å²) in [5.41, 5.74) is 1.92. The predicted molar refractivity (Wildman–Crippen MR) is 100 cm³/mol. The van der Waals surface area contributed by atoms with Gasteiger partial charge < -0.3 is 10.2 Å². The van der Waals surface area contributed by atoms with Gasteiger partial charge >= 0.3 is 0 Å². The molecule has 1 N–H and O–H groups in total. The number of nitrogens with zero attached hydrogens (tertiary/aromatic N) is 1. The second kappa shape index (κ2) is 9.62. The van der Waals surface area contributed by atoms with E-state index in [1.165, 1.54) is 0 Å². The molecular weight excluding hydrogens is 312 g/mol. The van der Waals surface area contributed by atoms with E-state index >= 15 is 0 Å². The molecule has 0 saturated carbocycles. The number of carbonyl (C=O) groups is 2. The summed E-state index contributed by atoms with van der Waals surface area (Å²) >= 11 is 0. The van der Waals surface area contributed by atoms with Gasteiger partial charge in [0.2, 0.25) is 11.8 Å². The van der Waals surface area contributed by atoms with Gasteiger partial charge in [0, 0.05) is 26.6 Å². The van der Waals surface area contributed by atoms with Gasteiger partial charge in [0.1, 0.15) is 0 Å². The Labute approximate surface area is 149 Å². The lowest BCUT2D eigenvalue weighted by Gasteiger charge is -2.22. The van der Waals surface area contributed by atoms with Crippen LogP contribution >= 0.6 is 0 Å². The quantitative estimate of drug-likeness (QED) is 0.803. The van der Waals surface area contributed by atoms with Crippen LogP contribution in [0.15, 0.2) is 60.7 Å². The molecule has 2 aromatic rings. The molecule has 2 rings (SSSR count). The lowest BCUT2D eigenvalue weighted by Crippen LogP contribution is -2.39. The maximum atomic E-state index is 12.8. The third-order valence-electron chi connectivity index (χ3n) is 4.15. The third kappa shape index (κ3) is 5.45. The molecule has 0 radical (unpaired) electrons. The molecule has 0 heterocycles. The standard InChI is InChI=1S/C21H26N2O2/c1-3-15-23(17(2)24)16-14-22-21(25)20(18-10-6-4-7-11-18)19-12-8-5-9-13-19/h4-13,20H,3,14-16H2,1-2H3,(H,22,25). The number of nitrogens with one attached hydrogen (secondary N) is 1. The zero-order valence-electron chi connectivity index (χ0n) is 14.9. The summed E-state index contributed by atoms with van der Waals surface area (Å²) in [5, 5.41) is 2.99. The third-order valence-corrected chi connectivity index (χ3v) is 4.15. The minimum Gasteiger partial charge on any atom is -0.354 e. The van der Waals surface area contributed by atoms with Crippen LogP contribution in [0.3, 0.4) is 0 Å². The van der Waals surface area contributed by atoms with Gasteiger partial charge in [-0.25, -0.2) is 0 Å². The van der Waals surface area contributed by atoms with E-state index in [9.17, 15) is 9.59 Å². The molecule has 0 aliphatic carbocycles. The highest BCUT2D eigenvalue weighted by Gasteiger charge is 2.22. The van der Waals surface area contributed by atoms with Crippen molar-refractivity contribution in [1.82, 2.24) is 10.2 Å². The van der Waals surface area contributed by atoms with Crippen molar-refractivity contribution in [1.29, 1.82) is 0 Å². The topological polar surface area (TPSA) is 49.4 Å². The number of hydrogen-bond donors (Lipinski definition) is 1. The summed E-state index contributed by atoms with van der Waals surface area (Å²) in [7, 11) is 0. The van der Waals surface area contributed by atoms with Crippen molar-refractivity contribution in [2.24, 2.45) is 0 Å². The largest absolute Gasteiger partial charge is 0.354 e. The summed E-state index contributed by atoms with van der Waals surface area (Å²) in [6.45, 7) is 5.30. The summed E-state index contributed by atoms with van der Waals surface area (Å²) in [6, 6.07) is 19.5. The van der Waals surface area contributed by atoms with E-state index in [1.54, 1.807) is 11.8 Å². The molecule has 0 saturated heterocycles. The summed E-state index contributed by atoms with van der Waals surface area (Å²) in [5.74, 6) is -0.351. The normalized spacial score (nSPS) is 10.5. The Balaban J connectivity index is 2.08. The Bertz CT molecular complexity index is 631. The fourth-order valence-corrected chi connectivity index (χ4v) is 2.90. The number of benzene rings is 2. The van der Waals surface area contributed by atoms with Gasteiger partial charge in [0.15, 0.2) is 0 Å². The van der Waals surface area contributed by atoms with Gasteiger partial charge in [-0.3, -0.25) is 9.59 Å². The molecule has 0 aromatic heterocycles. The average molecular weight is 338 g/mol. The maximum Gasteiger partial charge on any atom is 0.232 e. The van der Waals surface area contributed by atoms with Crippen LogP contribution in [0.5, 0.6) is 0 Å². The van der Waals surface area contributed by atoms with E-state index in [2.05, 4.69) is 5.32 Å². The Morgan fingerprint density at radius 2 is 1.44 bits per heavy atom. The molecule has 4 heteroatoms.